The van der Waals surface area contributed by atoms with Gasteiger partial charge in [0.05, 0.1) is 27.6 Å². The van der Waals surface area contributed by atoms with Gasteiger partial charge < -0.3 is 8.97 Å². The predicted molar refractivity (Wildman–Crippen MR) is 167 cm³/mol. The van der Waals surface area contributed by atoms with E-state index >= 15 is 0 Å². The van der Waals surface area contributed by atoms with E-state index in [-0.39, 0.29) is 0 Å². The molecular weight excluding hydrogens is 486 g/mol. The quantitative estimate of drug-likeness (QED) is 0.213. The first-order valence-electron chi connectivity index (χ1n) is 13.6. The minimum atomic E-state index is 1.15. The number of hydrogen-bond acceptors (Lipinski definition) is 1. The van der Waals surface area contributed by atoms with E-state index in [1.54, 1.807) is 0 Å². The standard InChI is InChI=1S/C37H23N3/c1-2-12-29-27(10-1)28-11-3-5-14-32(28)40-34-16-17-35-37(31(34)23-36(29)40)30-13-4-6-15-33(30)39(35)26-9-7-8-25(22-26)24-18-20-38-21-19-24/h1-23H. The molecule has 0 saturated carbocycles. The molecule has 9 rings (SSSR count). The zero-order chi connectivity index (χ0) is 26.2. The van der Waals surface area contributed by atoms with E-state index in [1.807, 2.05) is 12.4 Å². The average Bonchev–Trinajstić information content (AvgIpc) is 3.58. The zero-order valence-corrected chi connectivity index (χ0v) is 21.6. The number of fused-ring (bicyclic) bond motifs is 12. The minimum absolute atomic E-state index is 1.15. The van der Waals surface area contributed by atoms with Crippen molar-refractivity contribution in [3.8, 4) is 16.8 Å². The fraction of sp³-hybridized carbons (Fsp3) is 0. The summed E-state index contributed by atoms with van der Waals surface area (Å²) in [5.74, 6) is 0. The molecule has 9 aromatic rings. The van der Waals surface area contributed by atoms with Crippen LogP contribution in [0.3, 0.4) is 0 Å². The number of pyridine rings is 2. The Balaban J connectivity index is 1.43. The molecule has 40 heavy (non-hydrogen) atoms. The van der Waals surface area contributed by atoms with E-state index in [4.69, 9.17) is 0 Å². The van der Waals surface area contributed by atoms with Crippen LogP contribution in [0.1, 0.15) is 0 Å². The normalized spacial score (nSPS) is 12.0. The maximum atomic E-state index is 4.20. The van der Waals surface area contributed by atoms with Gasteiger partial charge in [0.1, 0.15) is 0 Å². The Bertz CT molecular complexity index is 2430. The lowest BCUT2D eigenvalue weighted by Gasteiger charge is -2.11. The molecule has 0 spiro atoms. The molecule has 0 radical (unpaired) electrons. The lowest BCUT2D eigenvalue weighted by molar-refractivity contribution is 1.18. The Labute approximate surface area is 230 Å². The molecule has 0 saturated heterocycles. The molecule has 186 valence electrons. The summed E-state index contributed by atoms with van der Waals surface area (Å²) < 4.78 is 4.86. The number of rotatable bonds is 2. The summed E-state index contributed by atoms with van der Waals surface area (Å²) in [6.07, 6.45) is 3.70. The third kappa shape index (κ3) is 2.86. The van der Waals surface area contributed by atoms with Crippen LogP contribution in [-0.4, -0.2) is 14.0 Å². The third-order valence-electron chi connectivity index (χ3n) is 8.37. The Morgan fingerprint density at radius 1 is 0.400 bits per heavy atom. The highest BCUT2D eigenvalue weighted by Gasteiger charge is 2.19. The van der Waals surface area contributed by atoms with Gasteiger partial charge in [0, 0.05) is 45.0 Å². The Morgan fingerprint density at radius 3 is 1.88 bits per heavy atom. The SMILES string of the molecule is c1cc(-c2ccncc2)cc(-n2c3ccccc3c3c4cc5c6ccccc6c6ccccc6n5c4ccc32)c1. The van der Waals surface area contributed by atoms with Crippen molar-refractivity contribution in [2.24, 2.45) is 0 Å². The maximum absolute atomic E-state index is 4.20. The van der Waals surface area contributed by atoms with Gasteiger partial charge >= 0.3 is 0 Å². The second kappa shape index (κ2) is 8.05. The van der Waals surface area contributed by atoms with E-state index < -0.39 is 0 Å². The minimum Gasteiger partial charge on any atom is -0.309 e. The molecule has 4 aromatic heterocycles. The van der Waals surface area contributed by atoms with Gasteiger partial charge in [-0.05, 0) is 71.1 Å². The first-order chi connectivity index (χ1) is 19.9. The first kappa shape index (κ1) is 21.5. The van der Waals surface area contributed by atoms with Gasteiger partial charge in [-0.1, -0.05) is 72.8 Å². The summed E-state index contributed by atoms with van der Waals surface area (Å²) in [6, 6.07) is 46.3. The topological polar surface area (TPSA) is 22.2 Å². The van der Waals surface area contributed by atoms with Crippen LogP contribution in [0.25, 0.3) is 76.7 Å². The van der Waals surface area contributed by atoms with E-state index in [0.29, 0.717) is 0 Å². The monoisotopic (exact) mass is 509 g/mol. The molecule has 0 bridgehead atoms. The van der Waals surface area contributed by atoms with Crippen molar-refractivity contribution < 1.29 is 0 Å². The molecule has 0 N–H and O–H groups in total. The molecule has 0 aliphatic heterocycles. The maximum Gasteiger partial charge on any atom is 0.0548 e. The van der Waals surface area contributed by atoms with Crippen LogP contribution >= 0.6 is 0 Å². The van der Waals surface area contributed by atoms with E-state index in [9.17, 15) is 0 Å². The molecule has 0 atom stereocenters. The van der Waals surface area contributed by atoms with Crippen LogP contribution < -0.4 is 0 Å². The molecule has 4 heterocycles. The predicted octanol–water partition coefficient (Wildman–Crippen LogP) is 9.56. The summed E-state index contributed by atoms with van der Waals surface area (Å²) in [7, 11) is 0. The third-order valence-corrected chi connectivity index (χ3v) is 8.37. The van der Waals surface area contributed by atoms with Crippen molar-refractivity contribution in [2.45, 2.75) is 0 Å². The van der Waals surface area contributed by atoms with Crippen molar-refractivity contribution in [3.05, 3.63) is 140 Å². The second-order valence-electron chi connectivity index (χ2n) is 10.5. The summed E-state index contributed by atoms with van der Waals surface area (Å²) in [6.45, 7) is 0. The molecule has 0 aliphatic rings. The lowest BCUT2D eigenvalue weighted by Crippen LogP contribution is -1.94. The van der Waals surface area contributed by atoms with Crippen molar-refractivity contribution in [1.29, 1.82) is 0 Å². The number of benzene rings is 5. The fourth-order valence-electron chi connectivity index (χ4n) is 6.69. The highest BCUT2D eigenvalue weighted by atomic mass is 15.0. The van der Waals surface area contributed by atoms with Crippen molar-refractivity contribution in [3.63, 3.8) is 0 Å². The lowest BCUT2D eigenvalue weighted by atomic mass is 10.0. The molecule has 0 fully saturated rings. The average molecular weight is 510 g/mol. The molecule has 0 amide bonds. The van der Waals surface area contributed by atoms with Crippen molar-refractivity contribution >= 4 is 59.9 Å². The number of aromatic nitrogens is 3. The van der Waals surface area contributed by atoms with Gasteiger partial charge in [0.25, 0.3) is 0 Å². The van der Waals surface area contributed by atoms with Gasteiger partial charge in [-0.15, -0.1) is 0 Å². The van der Waals surface area contributed by atoms with Crippen LogP contribution in [0, 0.1) is 0 Å². The number of nitrogens with zero attached hydrogens (tertiary/aromatic N) is 3. The van der Waals surface area contributed by atoms with Gasteiger partial charge in [0.2, 0.25) is 0 Å². The fourth-order valence-corrected chi connectivity index (χ4v) is 6.69. The molecule has 0 unspecified atom stereocenters. The summed E-state index contributed by atoms with van der Waals surface area (Å²) in [4.78, 5) is 4.20. The molecule has 3 nitrogen and oxygen atoms in total. The Kier molecular flexibility index (Phi) is 4.33. The van der Waals surface area contributed by atoms with E-state index in [2.05, 4.69) is 141 Å². The van der Waals surface area contributed by atoms with E-state index in [0.717, 1.165) is 11.3 Å². The molecule has 5 aromatic carbocycles. The van der Waals surface area contributed by atoms with Crippen molar-refractivity contribution in [1.82, 2.24) is 14.0 Å². The molecular formula is C37H23N3. The summed E-state index contributed by atoms with van der Waals surface area (Å²) >= 11 is 0. The largest absolute Gasteiger partial charge is 0.309 e. The second-order valence-corrected chi connectivity index (χ2v) is 10.5. The molecule has 3 heteroatoms. The first-order valence-corrected chi connectivity index (χ1v) is 13.6. The smallest absolute Gasteiger partial charge is 0.0548 e. The van der Waals surface area contributed by atoms with Gasteiger partial charge in [-0.2, -0.15) is 0 Å². The summed E-state index contributed by atoms with van der Waals surface area (Å²) in [5.41, 5.74) is 9.63. The number of hydrogen-bond donors (Lipinski definition) is 0. The van der Waals surface area contributed by atoms with Gasteiger partial charge in [-0.25, -0.2) is 0 Å². The van der Waals surface area contributed by atoms with Crippen molar-refractivity contribution in [2.75, 3.05) is 0 Å². The molecule has 0 aliphatic carbocycles. The Morgan fingerprint density at radius 2 is 1.05 bits per heavy atom. The zero-order valence-electron chi connectivity index (χ0n) is 21.6. The van der Waals surface area contributed by atoms with Crippen LogP contribution in [0.5, 0.6) is 0 Å². The van der Waals surface area contributed by atoms with Crippen LogP contribution in [0.4, 0.5) is 0 Å². The highest BCUT2D eigenvalue weighted by molar-refractivity contribution is 6.24. The van der Waals surface area contributed by atoms with Crippen LogP contribution in [-0.2, 0) is 0 Å². The summed E-state index contributed by atoms with van der Waals surface area (Å²) in [5, 5.41) is 7.68. The van der Waals surface area contributed by atoms with Crippen LogP contribution in [0.2, 0.25) is 0 Å². The highest BCUT2D eigenvalue weighted by Crippen LogP contribution is 2.41. The van der Waals surface area contributed by atoms with E-state index in [1.165, 1.54) is 65.5 Å². The van der Waals surface area contributed by atoms with Gasteiger partial charge in [-0.3, -0.25) is 4.98 Å². The number of para-hydroxylation sites is 2. The van der Waals surface area contributed by atoms with Gasteiger partial charge in [0.15, 0.2) is 0 Å². The van der Waals surface area contributed by atoms with Crippen LogP contribution in [0.15, 0.2) is 140 Å². The Hall–Kier alpha value is -5.41.